The fraction of sp³-hybridized carbons (Fsp3) is 0.947. The molecule has 0 spiro atoms. The van der Waals surface area contributed by atoms with Crippen molar-refractivity contribution >= 4 is 39.5 Å². The molecule has 0 amide bonds. The average Bonchev–Trinajstić information content (AvgIpc) is 1.73. The second-order valence-corrected chi connectivity index (χ2v) is 30.9. The number of aliphatic hydroxyl groups excluding tert-OH is 1. The van der Waals surface area contributed by atoms with Crippen molar-refractivity contribution in [3.63, 3.8) is 0 Å². The van der Waals surface area contributed by atoms with Gasteiger partial charge in [0.05, 0.1) is 26.4 Å². The van der Waals surface area contributed by atoms with E-state index in [1.54, 1.807) is 0 Å². The van der Waals surface area contributed by atoms with E-state index in [0.717, 1.165) is 95.8 Å². The summed E-state index contributed by atoms with van der Waals surface area (Å²) in [5.74, 6) is -0.655. The zero-order valence-corrected chi connectivity index (χ0v) is 63.1. The molecule has 0 aromatic carbocycles. The second-order valence-electron chi connectivity index (χ2n) is 28.0. The van der Waals surface area contributed by atoms with E-state index in [4.69, 9.17) is 37.0 Å². The molecular weight excluding hydrogens is 1230 g/mol. The highest BCUT2D eigenvalue weighted by atomic mass is 31.2. The minimum Gasteiger partial charge on any atom is -0.462 e. The highest BCUT2D eigenvalue weighted by Gasteiger charge is 2.30. The molecule has 2 unspecified atom stereocenters. The molecule has 0 aromatic rings. The highest BCUT2D eigenvalue weighted by Crippen LogP contribution is 2.45. The molecule has 3 N–H and O–H groups in total. The molecule has 5 atom stereocenters. The van der Waals surface area contributed by atoms with Gasteiger partial charge >= 0.3 is 39.5 Å². The Kier molecular flexibility index (Phi) is 65.5. The van der Waals surface area contributed by atoms with Gasteiger partial charge in [0.2, 0.25) is 0 Å². The standard InChI is InChI=1S/C75H146O17P2/c1-7-9-11-13-15-17-18-19-20-21-22-23-24-25-26-27-30-35-41-47-53-59-74(79)91-70(63-86-73(78)58-52-46-40-34-31-28-29-33-37-43-49-55-67(3)4)65-89-93(81,82)87-61-69(76)62-88-94(83,84)90-66-71(64-85-72(77)57-51-45-39-32-16-14-12-10-8-2)92-75(80)60-54-48-42-36-38-44-50-56-68(5)6/h67-71,76H,7-66H2,1-6H3,(H,81,82)(H,83,84)/t69-,70-,71-/m1/s1. The van der Waals surface area contributed by atoms with E-state index in [1.807, 2.05) is 0 Å². The lowest BCUT2D eigenvalue weighted by molar-refractivity contribution is -0.161. The van der Waals surface area contributed by atoms with Crippen LogP contribution in [0.3, 0.4) is 0 Å². The van der Waals surface area contributed by atoms with E-state index in [2.05, 4.69) is 41.5 Å². The topological polar surface area (TPSA) is 237 Å². The van der Waals surface area contributed by atoms with E-state index in [0.29, 0.717) is 31.6 Å². The Bertz CT molecular complexity index is 1820. The minimum atomic E-state index is -4.96. The summed E-state index contributed by atoms with van der Waals surface area (Å²) >= 11 is 0. The van der Waals surface area contributed by atoms with Gasteiger partial charge < -0.3 is 33.8 Å². The van der Waals surface area contributed by atoms with Gasteiger partial charge in [0.1, 0.15) is 19.3 Å². The Labute approximate surface area is 575 Å². The average molecular weight is 1380 g/mol. The zero-order valence-electron chi connectivity index (χ0n) is 61.3. The lowest BCUT2D eigenvalue weighted by Gasteiger charge is -2.21. The van der Waals surface area contributed by atoms with E-state index in [9.17, 15) is 43.2 Å². The van der Waals surface area contributed by atoms with Crippen molar-refractivity contribution in [2.45, 2.75) is 407 Å². The number of carbonyl (C=O) groups is 4. The highest BCUT2D eigenvalue weighted by molar-refractivity contribution is 7.47. The monoisotopic (exact) mass is 1380 g/mol. The number of hydrogen-bond acceptors (Lipinski definition) is 15. The smallest absolute Gasteiger partial charge is 0.462 e. The van der Waals surface area contributed by atoms with Crippen LogP contribution in [0.15, 0.2) is 0 Å². The Morgan fingerprint density at radius 3 is 0.723 bits per heavy atom. The number of hydrogen-bond donors (Lipinski definition) is 3. The molecule has 0 bridgehead atoms. The van der Waals surface area contributed by atoms with Gasteiger partial charge in [-0.15, -0.1) is 0 Å². The molecule has 0 saturated heterocycles. The van der Waals surface area contributed by atoms with Crippen LogP contribution in [0.2, 0.25) is 0 Å². The molecule has 0 aliphatic heterocycles. The van der Waals surface area contributed by atoms with Crippen LogP contribution in [0.5, 0.6) is 0 Å². The van der Waals surface area contributed by atoms with E-state index in [1.165, 1.54) is 205 Å². The summed E-state index contributed by atoms with van der Waals surface area (Å²) in [6, 6.07) is 0. The molecule has 0 aliphatic carbocycles. The molecular formula is C75H146O17P2. The van der Waals surface area contributed by atoms with Crippen LogP contribution >= 0.6 is 15.6 Å². The Hall–Kier alpha value is -1.94. The molecule has 17 nitrogen and oxygen atoms in total. The summed E-state index contributed by atoms with van der Waals surface area (Å²) in [7, 11) is -9.90. The third-order valence-electron chi connectivity index (χ3n) is 17.5. The van der Waals surface area contributed by atoms with Crippen molar-refractivity contribution in [2.75, 3.05) is 39.6 Å². The number of rotatable bonds is 74. The molecule has 0 radical (unpaired) electrons. The van der Waals surface area contributed by atoms with E-state index in [-0.39, 0.29) is 25.7 Å². The normalized spacial score (nSPS) is 14.0. The van der Waals surface area contributed by atoms with Crippen LogP contribution in [0.4, 0.5) is 0 Å². The number of unbranched alkanes of at least 4 members (excludes halogenated alkanes) is 44. The number of carbonyl (C=O) groups excluding carboxylic acids is 4. The lowest BCUT2D eigenvalue weighted by Crippen LogP contribution is -2.30. The maximum atomic E-state index is 13.1. The molecule has 558 valence electrons. The maximum absolute atomic E-state index is 13.1. The van der Waals surface area contributed by atoms with Gasteiger partial charge in [-0.1, -0.05) is 337 Å². The Morgan fingerprint density at radius 2 is 0.489 bits per heavy atom. The molecule has 0 aromatic heterocycles. The number of ether oxygens (including phenoxy) is 4. The molecule has 0 saturated carbocycles. The third-order valence-corrected chi connectivity index (χ3v) is 19.4. The van der Waals surface area contributed by atoms with Crippen molar-refractivity contribution in [3.8, 4) is 0 Å². The fourth-order valence-electron chi connectivity index (χ4n) is 11.5. The van der Waals surface area contributed by atoms with Crippen LogP contribution in [0, 0.1) is 11.8 Å². The van der Waals surface area contributed by atoms with Gasteiger partial charge in [-0.05, 0) is 37.5 Å². The van der Waals surface area contributed by atoms with E-state index < -0.39 is 97.5 Å². The maximum Gasteiger partial charge on any atom is 0.472 e. The van der Waals surface area contributed by atoms with Gasteiger partial charge in [0.25, 0.3) is 0 Å². The van der Waals surface area contributed by atoms with Crippen molar-refractivity contribution in [1.82, 2.24) is 0 Å². The summed E-state index contributed by atoms with van der Waals surface area (Å²) in [6.45, 7) is 9.51. The summed E-state index contributed by atoms with van der Waals surface area (Å²) in [4.78, 5) is 72.6. The predicted molar refractivity (Wildman–Crippen MR) is 381 cm³/mol. The van der Waals surface area contributed by atoms with Gasteiger partial charge in [-0.25, -0.2) is 9.13 Å². The number of phosphoric acid groups is 2. The first-order valence-corrected chi connectivity index (χ1v) is 42.0. The summed E-state index contributed by atoms with van der Waals surface area (Å²) in [5, 5.41) is 10.6. The summed E-state index contributed by atoms with van der Waals surface area (Å²) in [5.41, 5.74) is 0. The third kappa shape index (κ3) is 68.6. The summed E-state index contributed by atoms with van der Waals surface area (Å²) < 4.78 is 68.4. The van der Waals surface area contributed by atoms with Crippen LogP contribution in [-0.4, -0.2) is 96.7 Å². The van der Waals surface area contributed by atoms with Crippen LogP contribution < -0.4 is 0 Å². The van der Waals surface area contributed by atoms with Gasteiger partial charge in [0, 0.05) is 25.7 Å². The molecule has 0 fully saturated rings. The molecule has 19 heteroatoms. The van der Waals surface area contributed by atoms with E-state index >= 15 is 0 Å². The molecule has 94 heavy (non-hydrogen) atoms. The first-order chi connectivity index (χ1) is 45.4. The van der Waals surface area contributed by atoms with Gasteiger partial charge in [0.15, 0.2) is 12.2 Å². The second kappa shape index (κ2) is 66.9. The quantitative estimate of drug-likeness (QED) is 0.0222. The molecule has 0 rings (SSSR count). The van der Waals surface area contributed by atoms with Crippen molar-refractivity contribution in [2.24, 2.45) is 11.8 Å². The number of esters is 4. The number of phosphoric ester groups is 2. The first-order valence-electron chi connectivity index (χ1n) is 39.0. The Balaban J connectivity index is 5.18. The van der Waals surface area contributed by atoms with Crippen LogP contribution in [-0.2, 0) is 65.4 Å². The molecule has 0 heterocycles. The minimum absolute atomic E-state index is 0.104. The zero-order chi connectivity index (χ0) is 69.3. The van der Waals surface area contributed by atoms with Crippen molar-refractivity contribution in [1.29, 1.82) is 0 Å². The van der Waals surface area contributed by atoms with Crippen molar-refractivity contribution < 1.29 is 80.2 Å². The first kappa shape index (κ1) is 92.1. The van der Waals surface area contributed by atoms with Crippen LogP contribution in [0.25, 0.3) is 0 Å². The number of aliphatic hydroxyl groups is 1. The summed E-state index contributed by atoms with van der Waals surface area (Å²) in [6.07, 6.45) is 54.4. The fourth-order valence-corrected chi connectivity index (χ4v) is 13.1. The van der Waals surface area contributed by atoms with Crippen LogP contribution in [0.1, 0.15) is 388 Å². The largest absolute Gasteiger partial charge is 0.472 e. The Morgan fingerprint density at radius 1 is 0.287 bits per heavy atom. The van der Waals surface area contributed by atoms with Gasteiger partial charge in [-0.2, -0.15) is 0 Å². The van der Waals surface area contributed by atoms with Gasteiger partial charge in [-0.3, -0.25) is 37.3 Å². The lowest BCUT2D eigenvalue weighted by atomic mass is 10.0. The predicted octanol–water partition coefficient (Wildman–Crippen LogP) is 21.9. The molecule has 0 aliphatic rings. The SMILES string of the molecule is CCCCCCCCCCCCCCCCCCCCCCCC(=O)O[C@H](COC(=O)CCCCCCCCCCCCCC(C)C)COP(=O)(O)OC[C@@H](O)COP(=O)(O)OC[C@@H](COC(=O)CCCCCCCCCCC)OC(=O)CCCCCCCCCC(C)C. The van der Waals surface area contributed by atoms with Crippen molar-refractivity contribution in [3.05, 3.63) is 0 Å².